The van der Waals surface area contributed by atoms with E-state index in [-0.39, 0.29) is 18.0 Å². The number of pyridine rings is 1. The SMILES string of the molecule is CCN(CC(O)c1ccc(C)cc1)C(=O)c1ccc(=O)n(C)c1. The van der Waals surface area contributed by atoms with E-state index in [0.29, 0.717) is 12.1 Å². The van der Waals surface area contributed by atoms with Gasteiger partial charge in [0.15, 0.2) is 0 Å². The summed E-state index contributed by atoms with van der Waals surface area (Å²) in [7, 11) is 1.61. The second-order valence-corrected chi connectivity index (χ2v) is 5.64. The highest BCUT2D eigenvalue weighted by Crippen LogP contribution is 2.16. The molecule has 0 aliphatic carbocycles. The minimum absolute atomic E-state index is 0.163. The van der Waals surface area contributed by atoms with Crippen molar-refractivity contribution in [2.45, 2.75) is 20.0 Å². The van der Waals surface area contributed by atoms with Crippen LogP contribution in [0.4, 0.5) is 0 Å². The Morgan fingerprint density at radius 1 is 1.22 bits per heavy atom. The number of carbonyl (C=O) groups excluding carboxylic acids is 1. The predicted molar refractivity (Wildman–Crippen MR) is 89.4 cm³/mol. The average Bonchev–Trinajstić information content (AvgIpc) is 2.55. The van der Waals surface area contributed by atoms with Crippen LogP contribution < -0.4 is 5.56 Å². The summed E-state index contributed by atoms with van der Waals surface area (Å²) >= 11 is 0. The molecule has 1 aromatic heterocycles. The fourth-order valence-corrected chi connectivity index (χ4v) is 2.36. The summed E-state index contributed by atoms with van der Waals surface area (Å²) in [5.74, 6) is -0.200. The van der Waals surface area contributed by atoms with Gasteiger partial charge in [-0.05, 0) is 25.5 Å². The molecule has 2 aromatic rings. The summed E-state index contributed by atoms with van der Waals surface area (Å²) < 4.78 is 1.37. The topological polar surface area (TPSA) is 62.5 Å². The molecule has 1 atom stereocenters. The first-order valence-electron chi connectivity index (χ1n) is 7.63. The molecule has 1 amide bonds. The summed E-state index contributed by atoms with van der Waals surface area (Å²) in [5, 5.41) is 10.4. The van der Waals surface area contributed by atoms with Gasteiger partial charge in [-0.25, -0.2) is 0 Å². The minimum Gasteiger partial charge on any atom is -0.387 e. The molecule has 0 saturated carbocycles. The van der Waals surface area contributed by atoms with Gasteiger partial charge in [-0.15, -0.1) is 0 Å². The van der Waals surface area contributed by atoms with Crippen LogP contribution in [0.1, 0.15) is 34.5 Å². The van der Waals surface area contributed by atoms with E-state index in [1.165, 1.54) is 22.9 Å². The van der Waals surface area contributed by atoms with Gasteiger partial charge >= 0.3 is 0 Å². The second kappa shape index (κ2) is 7.24. The summed E-state index contributed by atoms with van der Waals surface area (Å²) in [6.07, 6.45) is 0.776. The Balaban J connectivity index is 2.15. The highest BCUT2D eigenvalue weighted by atomic mass is 16.3. The van der Waals surface area contributed by atoms with Crippen LogP contribution in [0.3, 0.4) is 0 Å². The predicted octanol–water partition coefficient (Wildman–Crippen LogP) is 1.89. The highest BCUT2D eigenvalue weighted by molar-refractivity contribution is 5.93. The molecule has 122 valence electrons. The Morgan fingerprint density at radius 3 is 2.43 bits per heavy atom. The van der Waals surface area contributed by atoms with Crippen molar-refractivity contribution in [1.29, 1.82) is 0 Å². The smallest absolute Gasteiger partial charge is 0.255 e. The van der Waals surface area contributed by atoms with Gasteiger partial charge in [-0.1, -0.05) is 29.8 Å². The Hall–Kier alpha value is -2.40. The number of benzene rings is 1. The highest BCUT2D eigenvalue weighted by Gasteiger charge is 2.19. The molecule has 23 heavy (non-hydrogen) atoms. The van der Waals surface area contributed by atoms with Gasteiger partial charge in [0.1, 0.15) is 0 Å². The number of rotatable bonds is 5. The normalized spacial score (nSPS) is 12.0. The molecule has 2 rings (SSSR count). The van der Waals surface area contributed by atoms with Gasteiger partial charge in [0, 0.05) is 25.9 Å². The van der Waals surface area contributed by atoms with Crippen LogP contribution in [-0.4, -0.2) is 33.6 Å². The van der Waals surface area contributed by atoms with E-state index in [0.717, 1.165) is 11.1 Å². The quantitative estimate of drug-likeness (QED) is 0.917. The molecule has 0 fully saturated rings. The molecular weight excluding hydrogens is 292 g/mol. The summed E-state index contributed by atoms with van der Waals surface area (Å²) in [4.78, 5) is 25.6. The molecule has 1 N–H and O–H groups in total. The molecular formula is C18H22N2O3. The molecule has 0 aliphatic rings. The van der Waals surface area contributed by atoms with Crippen molar-refractivity contribution < 1.29 is 9.90 Å². The molecule has 0 radical (unpaired) electrons. The van der Waals surface area contributed by atoms with Crippen molar-refractivity contribution in [1.82, 2.24) is 9.47 Å². The van der Waals surface area contributed by atoms with E-state index in [1.54, 1.807) is 11.9 Å². The van der Waals surface area contributed by atoms with Gasteiger partial charge in [-0.3, -0.25) is 9.59 Å². The number of aryl methyl sites for hydroxylation is 2. The standard InChI is InChI=1S/C18H22N2O3/c1-4-20(12-16(21)14-7-5-13(2)6-8-14)18(23)15-9-10-17(22)19(3)11-15/h5-11,16,21H,4,12H2,1-3H3. The largest absolute Gasteiger partial charge is 0.387 e. The maximum atomic E-state index is 12.6. The molecule has 0 aliphatic heterocycles. The lowest BCUT2D eigenvalue weighted by Gasteiger charge is -2.24. The van der Waals surface area contributed by atoms with Crippen molar-refractivity contribution in [2.24, 2.45) is 7.05 Å². The minimum atomic E-state index is -0.743. The molecule has 0 bridgehead atoms. The summed E-state index contributed by atoms with van der Waals surface area (Å²) in [6, 6.07) is 10.5. The number of aliphatic hydroxyl groups excluding tert-OH is 1. The molecule has 1 heterocycles. The number of amides is 1. The maximum Gasteiger partial charge on any atom is 0.255 e. The molecule has 5 nitrogen and oxygen atoms in total. The number of hydrogen-bond acceptors (Lipinski definition) is 3. The van der Waals surface area contributed by atoms with Crippen LogP contribution in [0.2, 0.25) is 0 Å². The molecule has 0 spiro atoms. The molecule has 1 unspecified atom stereocenters. The first kappa shape index (κ1) is 17.0. The van der Waals surface area contributed by atoms with Crippen molar-refractivity contribution in [2.75, 3.05) is 13.1 Å². The Bertz CT molecular complexity index is 735. The fourth-order valence-electron chi connectivity index (χ4n) is 2.36. The number of likely N-dealkylation sites (N-methyl/N-ethyl adjacent to an activating group) is 1. The zero-order chi connectivity index (χ0) is 17.0. The number of aliphatic hydroxyl groups is 1. The van der Waals surface area contributed by atoms with Crippen molar-refractivity contribution >= 4 is 5.91 Å². The maximum absolute atomic E-state index is 12.6. The lowest BCUT2D eigenvalue weighted by molar-refractivity contribution is 0.0634. The zero-order valence-corrected chi connectivity index (χ0v) is 13.7. The third kappa shape index (κ3) is 4.07. The fraction of sp³-hybridized carbons (Fsp3) is 0.333. The summed E-state index contributed by atoms with van der Waals surface area (Å²) in [6.45, 7) is 4.53. The van der Waals surface area contributed by atoms with Crippen LogP contribution in [0.15, 0.2) is 47.4 Å². The van der Waals surface area contributed by atoms with E-state index in [9.17, 15) is 14.7 Å². The van der Waals surface area contributed by atoms with E-state index >= 15 is 0 Å². The number of nitrogens with zero attached hydrogens (tertiary/aromatic N) is 2. The lowest BCUT2D eigenvalue weighted by Crippen LogP contribution is -2.35. The number of carbonyl (C=O) groups is 1. The van der Waals surface area contributed by atoms with E-state index in [4.69, 9.17) is 0 Å². The van der Waals surface area contributed by atoms with Crippen molar-refractivity contribution in [3.8, 4) is 0 Å². The van der Waals surface area contributed by atoms with Crippen molar-refractivity contribution in [3.63, 3.8) is 0 Å². The Kier molecular flexibility index (Phi) is 5.34. The number of hydrogen-bond donors (Lipinski definition) is 1. The molecule has 1 aromatic carbocycles. The first-order chi connectivity index (χ1) is 10.9. The van der Waals surface area contributed by atoms with Crippen LogP contribution in [0, 0.1) is 6.92 Å². The van der Waals surface area contributed by atoms with Gasteiger partial charge in [0.2, 0.25) is 5.56 Å². The van der Waals surface area contributed by atoms with Crippen LogP contribution in [0.5, 0.6) is 0 Å². The number of aromatic nitrogens is 1. The van der Waals surface area contributed by atoms with Crippen LogP contribution >= 0.6 is 0 Å². The van der Waals surface area contributed by atoms with Crippen molar-refractivity contribution in [3.05, 3.63) is 69.6 Å². The molecule has 5 heteroatoms. The average molecular weight is 314 g/mol. The zero-order valence-electron chi connectivity index (χ0n) is 13.7. The Labute approximate surface area is 135 Å². The second-order valence-electron chi connectivity index (χ2n) is 5.64. The van der Waals surface area contributed by atoms with E-state index in [2.05, 4.69) is 0 Å². The van der Waals surface area contributed by atoms with E-state index in [1.807, 2.05) is 38.1 Å². The third-order valence-electron chi connectivity index (χ3n) is 3.86. The lowest BCUT2D eigenvalue weighted by atomic mass is 10.1. The van der Waals surface area contributed by atoms with Gasteiger partial charge in [-0.2, -0.15) is 0 Å². The third-order valence-corrected chi connectivity index (χ3v) is 3.86. The molecule has 0 saturated heterocycles. The van der Waals surface area contributed by atoms with Crippen LogP contribution in [-0.2, 0) is 7.05 Å². The monoisotopic (exact) mass is 314 g/mol. The first-order valence-corrected chi connectivity index (χ1v) is 7.63. The summed E-state index contributed by atoms with van der Waals surface area (Å²) in [5.41, 5.74) is 2.17. The van der Waals surface area contributed by atoms with Gasteiger partial charge in [0.25, 0.3) is 5.91 Å². The van der Waals surface area contributed by atoms with E-state index < -0.39 is 6.10 Å². The van der Waals surface area contributed by atoms with Gasteiger partial charge < -0.3 is 14.6 Å². The van der Waals surface area contributed by atoms with Crippen LogP contribution in [0.25, 0.3) is 0 Å². The van der Waals surface area contributed by atoms with Gasteiger partial charge in [0.05, 0.1) is 18.2 Å². The Morgan fingerprint density at radius 2 is 1.87 bits per heavy atom.